The third-order valence-electron chi connectivity index (χ3n) is 3.34. The van der Waals surface area contributed by atoms with Crippen LogP contribution in [0, 0.1) is 0 Å². The lowest BCUT2D eigenvalue weighted by molar-refractivity contribution is 0.252. The number of hydrogen-bond acceptors (Lipinski definition) is 3. The molecule has 0 aliphatic carbocycles. The van der Waals surface area contributed by atoms with Crippen molar-refractivity contribution in [1.82, 2.24) is 5.32 Å². The molecule has 0 bridgehead atoms. The van der Waals surface area contributed by atoms with Gasteiger partial charge in [-0.2, -0.15) is 0 Å². The number of benzene rings is 2. The van der Waals surface area contributed by atoms with Gasteiger partial charge >= 0.3 is 6.03 Å². The Morgan fingerprint density at radius 1 is 1.00 bits per heavy atom. The Balaban J connectivity index is 1.78. The molecule has 2 amide bonds. The summed E-state index contributed by atoms with van der Waals surface area (Å²) >= 11 is 0. The fourth-order valence-corrected chi connectivity index (χ4v) is 3.32. The number of hydrogen-bond donors (Lipinski definition) is 2. The average molecular weight is 317 g/mol. The van der Waals surface area contributed by atoms with Crippen LogP contribution in [-0.4, -0.2) is 27.5 Å². The third-order valence-corrected chi connectivity index (χ3v) is 4.74. The van der Waals surface area contributed by atoms with E-state index >= 15 is 0 Å². The number of sulfonamides is 1. The van der Waals surface area contributed by atoms with Crippen LogP contribution < -0.4 is 14.9 Å². The zero-order valence-electron chi connectivity index (χ0n) is 11.7. The molecule has 1 heterocycles. The van der Waals surface area contributed by atoms with Crippen LogP contribution in [0.5, 0.6) is 0 Å². The van der Waals surface area contributed by atoms with Crippen LogP contribution in [-0.2, 0) is 10.0 Å². The standard InChI is InChI=1S/C15H15N3O3S/c19-15-16-10-11-18(15)13-8-6-12(7-9-13)17-22(20,21)14-4-2-1-3-5-14/h1-9,17H,10-11H2,(H,16,19). The molecule has 1 fully saturated rings. The first-order chi connectivity index (χ1) is 10.6. The van der Waals surface area contributed by atoms with E-state index in [0.29, 0.717) is 18.8 Å². The number of carbonyl (C=O) groups excluding carboxylic acids is 1. The SMILES string of the molecule is O=C1NCCN1c1ccc(NS(=O)(=O)c2ccccc2)cc1. The minimum atomic E-state index is -3.60. The summed E-state index contributed by atoms with van der Waals surface area (Å²) in [6.07, 6.45) is 0. The second-order valence-electron chi connectivity index (χ2n) is 4.85. The molecule has 1 aliphatic rings. The molecule has 0 radical (unpaired) electrons. The fourth-order valence-electron chi connectivity index (χ4n) is 2.24. The molecule has 22 heavy (non-hydrogen) atoms. The molecule has 2 aromatic rings. The van der Waals surface area contributed by atoms with Crippen molar-refractivity contribution in [3.63, 3.8) is 0 Å². The van der Waals surface area contributed by atoms with Gasteiger partial charge in [0.2, 0.25) is 0 Å². The number of nitrogens with one attached hydrogen (secondary N) is 2. The maximum absolute atomic E-state index is 12.2. The van der Waals surface area contributed by atoms with E-state index < -0.39 is 10.0 Å². The van der Waals surface area contributed by atoms with E-state index in [0.717, 1.165) is 5.69 Å². The zero-order valence-corrected chi connectivity index (χ0v) is 12.5. The Morgan fingerprint density at radius 2 is 1.68 bits per heavy atom. The van der Waals surface area contributed by atoms with Crippen LogP contribution in [0.25, 0.3) is 0 Å². The summed E-state index contributed by atoms with van der Waals surface area (Å²) in [6, 6.07) is 14.7. The minimum absolute atomic E-state index is 0.141. The summed E-state index contributed by atoms with van der Waals surface area (Å²) in [7, 11) is -3.60. The molecule has 0 saturated carbocycles. The lowest BCUT2D eigenvalue weighted by Crippen LogP contribution is -2.27. The predicted octanol–water partition coefficient (Wildman–Crippen LogP) is 2.02. The smallest absolute Gasteiger partial charge is 0.321 e. The molecular weight excluding hydrogens is 302 g/mol. The van der Waals surface area contributed by atoms with Gasteiger partial charge in [-0.15, -0.1) is 0 Å². The van der Waals surface area contributed by atoms with Gasteiger partial charge in [-0.3, -0.25) is 9.62 Å². The van der Waals surface area contributed by atoms with E-state index in [-0.39, 0.29) is 10.9 Å². The second-order valence-corrected chi connectivity index (χ2v) is 6.53. The molecule has 7 heteroatoms. The van der Waals surface area contributed by atoms with Crippen molar-refractivity contribution in [3.8, 4) is 0 Å². The van der Waals surface area contributed by atoms with Crippen molar-refractivity contribution in [1.29, 1.82) is 0 Å². The highest BCUT2D eigenvalue weighted by atomic mass is 32.2. The monoisotopic (exact) mass is 317 g/mol. The van der Waals surface area contributed by atoms with Crippen molar-refractivity contribution < 1.29 is 13.2 Å². The first kappa shape index (κ1) is 14.4. The molecule has 0 atom stereocenters. The summed E-state index contributed by atoms with van der Waals surface area (Å²) in [5.41, 5.74) is 1.19. The zero-order chi connectivity index (χ0) is 15.6. The molecule has 1 aliphatic heterocycles. The van der Waals surface area contributed by atoms with Gasteiger partial charge in [-0.25, -0.2) is 13.2 Å². The van der Waals surface area contributed by atoms with E-state index in [2.05, 4.69) is 10.0 Å². The second kappa shape index (κ2) is 5.69. The van der Waals surface area contributed by atoms with Crippen LogP contribution in [0.1, 0.15) is 0 Å². The summed E-state index contributed by atoms with van der Waals surface area (Å²) in [6.45, 7) is 1.22. The number of anilines is 2. The predicted molar refractivity (Wildman–Crippen MR) is 84.4 cm³/mol. The number of amides is 2. The molecule has 0 unspecified atom stereocenters. The fraction of sp³-hybridized carbons (Fsp3) is 0.133. The van der Waals surface area contributed by atoms with Gasteiger partial charge in [0.25, 0.3) is 10.0 Å². The van der Waals surface area contributed by atoms with Crippen LogP contribution >= 0.6 is 0 Å². The van der Waals surface area contributed by atoms with Crippen LogP contribution in [0.3, 0.4) is 0 Å². The maximum Gasteiger partial charge on any atom is 0.321 e. The summed E-state index contributed by atoms with van der Waals surface area (Å²) in [5, 5.41) is 2.72. The molecule has 114 valence electrons. The average Bonchev–Trinajstić information content (AvgIpc) is 2.95. The first-order valence-corrected chi connectivity index (χ1v) is 8.28. The lowest BCUT2D eigenvalue weighted by Gasteiger charge is -2.15. The van der Waals surface area contributed by atoms with E-state index in [1.54, 1.807) is 47.4 Å². The van der Waals surface area contributed by atoms with Crippen molar-refractivity contribution in [2.24, 2.45) is 0 Å². The summed E-state index contributed by atoms with van der Waals surface area (Å²) in [5.74, 6) is 0. The molecule has 2 aromatic carbocycles. The van der Waals surface area contributed by atoms with Crippen molar-refractivity contribution >= 4 is 27.4 Å². The van der Waals surface area contributed by atoms with Crippen LogP contribution in [0.4, 0.5) is 16.2 Å². The molecule has 0 spiro atoms. The van der Waals surface area contributed by atoms with Gasteiger partial charge in [-0.05, 0) is 36.4 Å². The van der Waals surface area contributed by atoms with Gasteiger partial charge in [0.15, 0.2) is 0 Å². The summed E-state index contributed by atoms with van der Waals surface area (Å²) in [4.78, 5) is 13.4. The van der Waals surface area contributed by atoms with Crippen molar-refractivity contribution in [2.75, 3.05) is 22.7 Å². The number of carbonyl (C=O) groups is 1. The Kier molecular flexibility index (Phi) is 3.72. The Labute approximate surface area is 128 Å². The molecule has 6 nitrogen and oxygen atoms in total. The van der Waals surface area contributed by atoms with E-state index in [1.165, 1.54) is 12.1 Å². The van der Waals surface area contributed by atoms with E-state index in [1.807, 2.05) is 0 Å². The number of rotatable bonds is 4. The minimum Gasteiger partial charge on any atom is -0.336 e. The number of urea groups is 1. The maximum atomic E-state index is 12.2. The number of nitrogens with zero attached hydrogens (tertiary/aromatic N) is 1. The Bertz CT molecular complexity index is 773. The third kappa shape index (κ3) is 2.89. The van der Waals surface area contributed by atoms with Gasteiger partial charge in [0, 0.05) is 24.5 Å². The topological polar surface area (TPSA) is 78.5 Å². The first-order valence-electron chi connectivity index (χ1n) is 6.79. The molecule has 1 saturated heterocycles. The van der Waals surface area contributed by atoms with E-state index in [4.69, 9.17) is 0 Å². The summed E-state index contributed by atoms with van der Waals surface area (Å²) < 4.78 is 26.9. The van der Waals surface area contributed by atoms with E-state index in [9.17, 15) is 13.2 Å². The molecular formula is C15H15N3O3S. The van der Waals surface area contributed by atoms with Gasteiger partial charge in [-0.1, -0.05) is 18.2 Å². The van der Waals surface area contributed by atoms with Crippen LogP contribution in [0.2, 0.25) is 0 Å². The van der Waals surface area contributed by atoms with Crippen LogP contribution in [0.15, 0.2) is 59.5 Å². The lowest BCUT2D eigenvalue weighted by atomic mass is 10.2. The normalized spacial score (nSPS) is 14.7. The van der Waals surface area contributed by atoms with Crippen molar-refractivity contribution in [3.05, 3.63) is 54.6 Å². The largest absolute Gasteiger partial charge is 0.336 e. The highest BCUT2D eigenvalue weighted by Gasteiger charge is 2.21. The highest BCUT2D eigenvalue weighted by molar-refractivity contribution is 7.92. The van der Waals surface area contributed by atoms with Crippen molar-refractivity contribution in [2.45, 2.75) is 4.90 Å². The van der Waals surface area contributed by atoms with Gasteiger partial charge in [0.05, 0.1) is 4.90 Å². The Morgan fingerprint density at radius 3 is 2.27 bits per heavy atom. The highest BCUT2D eigenvalue weighted by Crippen LogP contribution is 2.21. The molecule has 2 N–H and O–H groups in total. The Hall–Kier alpha value is -2.54. The van der Waals surface area contributed by atoms with Gasteiger partial charge in [0.1, 0.15) is 0 Å². The quantitative estimate of drug-likeness (QED) is 0.905. The molecule has 3 rings (SSSR count). The molecule has 0 aromatic heterocycles. The van der Waals surface area contributed by atoms with Gasteiger partial charge < -0.3 is 5.32 Å².